The Morgan fingerprint density at radius 3 is 2.84 bits per heavy atom. The molecule has 0 aromatic heterocycles. The van der Waals surface area contributed by atoms with Crippen LogP contribution in [0.5, 0.6) is 0 Å². The maximum absolute atomic E-state index is 12.4. The van der Waals surface area contributed by atoms with Gasteiger partial charge in [-0.3, -0.25) is 9.59 Å². The molecule has 0 aromatic carbocycles. The molecule has 19 heavy (non-hydrogen) atoms. The zero-order valence-electron chi connectivity index (χ0n) is 11.5. The number of rotatable bonds is 4. The maximum atomic E-state index is 12.4. The number of thioether (sulfide) groups is 1. The van der Waals surface area contributed by atoms with Crippen LogP contribution >= 0.6 is 11.8 Å². The first-order valence-electron chi connectivity index (χ1n) is 7.16. The molecule has 4 nitrogen and oxygen atoms in total. The fourth-order valence-electron chi connectivity index (χ4n) is 3.10. The van der Waals surface area contributed by atoms with E-state index in [2.05, 4.69) is 0 Å². The Morgan fingerprint density at radius 1 is 1.42 bits per heavy atom. The second-order valence-electron chi connectivity index (χ2n) is 5.82. The van der Waals surface area contributed by atoms with Crippen LogP contribution in [-0.2, 0) is 9.59 Å². The normalized spacial score (nSPS) is 29.2. The van der Waals surface area contributed by atoms with E-state index in [1.807, 2.05) is 23.6 Å². The lowest BCUT2D eigenvalue weighted by atomic mass is 9.84. The van der Waals surface area contributed by atoms with E-state index in [0.717, 1.165) is 43.9 Å². The van der Waals surface area contributed by atoms with Crippen molar-refractivity contribution in [1.82, 2.24) is 4.90 Å². The van der Waals surface area contributed by atoms with Crippen molar-refractivity contribution in [1.29, 1.82) is 0 Å². The van der Waals surface area contributed by atoms with Crippen LogP contribution in [0.25, 0.3) is 0 Å². The predicted molar refractivity (Wildman–Crippen MR) is 76.2 cm³/mol. The number of hydrogen-bond acceptors (Lipinski definition) is 3. The highest BCUT2D eigenvalue weighted by Crippen LogP contribution is 2.30. The summed E-state index contributed by atoms with van der Waals surface area (Å²) >= 11 is 1.86. The van der Waals surface area contributed by atoms with Gasteiger partial charge in [-0.15, -0.1) is 0 Å². The second kappa shape index (κ2) is 6.64. The van der Waals surface area contributed by atoms with Crippen molar-refractivity contribution in [2.75, 3.05) is 24.6 Å². The summed E-state index contributed by atoms with van der Waals surface area (Å²) in [7, 11) is 0. The Morgan fingerprint density at radius 2 is 2.21 bits per heavy atom. The van der Waals surface area contributed by atoms with Gasteiger partial charge in [-0.1, -0.05) is 6.92 Å². The molecule has 0 saturated carbocycles. The van der Waals surface area contributed by atoms with E-state index in [-0.39, 0.29) is 18.3 Å². The SMILES string of the molecule is CC(CC(=O)O)C1CCCN(C(=O)C2CCSC2)C1. The number of carbonyl (C=O) groups excluding carboxylic acids is 1. The third-order valence-electron chi connectivity index (χ3n) is 4.35. The number of carbonyl (C=O) groups is 2. The molecule has 2 aliphatic heterocycles. The number of nitrogens with zero attached hydrogens (tertiary/aromatic N) is 1. The molecule has 1 amide bonds. The number of amides is 1. The predicted octanol–water partition coefficient (Wildman–Crippen LogP) is 2.09. The summed E-state index contributed by atoms with van der Waals surface area (Å²) in [6.07, 6.45) is 3.29. The first-order valence-corrected chi connectivity index (χ1v) is 8.31. The zero-order chi connectivity index (χ0) is 13.8. The Labute approximate surface area is 118 Å². The van der Waals surface area contributed by atoms with Crippen molar-refractivity contribution >= 4 is 23.6 Å². The molecule has 3 atom stereocenters. The van der Waals surface area contributed by atoms with E-state index in [0.29, 0.717) is 11.8 Å². The number of carboxylic acids is 1. The van der Waals surface area contributed by atoms with E-state index >= 15 is 0 Å². The fraction of sp³-hybridized carbons (Fsp3) is 0.857. The summed E-state index contributed by atoms with van der Waals surface area (Å²) in [5.41, 5.74) is 0. The first kappa shape index (κ1) is 14.7. The lowest BCUT2D eigenvalue weighted by molar-refractivity contribution is -0.139. The van der Waals surface area contributed by atoms with E-state index < -0.39 is 5.97 Å². The summed E-state index contributed by atoms with van der Waals surface area (Å²) in [4.78, 5) is 25.2. The average Bonchev–Trinajstić information content (AvgIpc) is 2.91. The molecule has 2 saturated heterocycles. The maximum Gasteiger partial charge on any atom is 0.303 e. The molecule has 3 unspecified atom stereocenters. The van der Waals surface area contributed by atoms with Gasteiger partial charge < -0.3 is 10.0 Å². The van der Waals surface area contributed by atoms with Gasteiger partial charge in [-0.05, 0) is 36.9 Å². The number of likely N-dealkylation sites (tertiary alicyclic amines) is 1. The number of aliphatic carboxylic acids is 1. The minimum Gasteiger partial charge on any atom is -0.481 e. The summed E-state index contributed by atoms with van der Waals surface area (Å²) in [5, 5.41) is 8.88. The highest BCUT2D eigenvalue weighted by Gasteiger charge is 2.32. The van der Waals surface area contributed by atoms with Crippen LogP contribution in [0.2, 0.25) is 0 Å². The third-order valence-corrected chi connectivity index (χ3v) is 5.51. The fourth-order valence-corrected chi connectivity index (χ4v) is 4.32. The smallest absolute Gasteiger partial charge is 0.303 e. The molecule has 2 fully saturated rings. The van der Waals surface area contributed by atoms with Crippen molar-refractivity contribution < 1.29 is 14.7 Å². The molecule has 0 spiro atoms. The van der Waals surface area contributed by atoms with Gasteiger partial charge in [-0.25, -0.2) is 0 Å². The standard InChI is InChI=1S/C14H23NO3S/c1-10(7-13(16)17)11-3-2-5-15(8-11)14(18)12-4-6-19-9-12/h10-12H,2-9H2,1H3,(H,16,17). The molecule has 2 aliphatic rings. The highest BCUT2D eigenvalue weighted by molar-refractivity contribution is 7.99. The van der Waals surface area contributed by atoms with Gasteiger partial charge in [-0.2, -0.15) is 11.8 Å². The van der Waals surface area contributed by atoms with Gasteiger partial charge in [0.2, 0.25) is 5.91 Å². The van der Waals surface area contributed by atoms with Crippen molar-refractivity contribution in [3.05, 3.63) is 0 Å². The molecule has 0 aliphatic carbocycles. The molecule has 2 heterocycles. The van der Waals surface area contributed by atoms with Crippen LogP contribution < -0.4 is 0 Å². The molecule has 0 aromatic rings. The minimum absolute atomic E-state index is 0.158. The highest BCUT2D eigenvalue weighted by atomic mass is 32.2. The van der Waals surface area contributed by atoms with Crippen LogP contribution in [0.15, 0.2) is 0 Å². The average molecular weight is 285 g/mol. The molecule has 5 heteroatoms. The van der Waals surface area contributed by atoms with Crippen LogP contribution in [0.3, 0.4) is 0 Å². The van der Waals surface area contributed by atoms with Crippen molar-refractivity contribution in [2.45, 2.75) is 32.6 Å². The monoisotopic (exact) mass is 285 g/mol. The first-order chi connectivity index (χ1) is 9.08. The molecule has 1 N–H and O–H groups in total. The van der Waals surface area contributed by atoms with E-state index in [9.17, 15) is 9.59 Å². The molecule has 108 valence electrons. The number of hydrogen-bond donors (Lipinski definition) is 1. The van der Waals surface area contributed by atoms with Crippen molar-refractivity contribution in [2.24, 2.45) is 17.8 Å². The van der Waals surface area contributed by atoms with E-state index in [1.54, 1.807) is 0 Å². The molecule has 0 bridgehead atoms. The zero-order valence-corrected chi connectivity index (χ0v) is 12.3. The second-order valence-corrected chi connectivity index (χ2v) is 6.97. The molecule has 2 rings (SSSR count). The van der Waals surface area contributed by atoms with Gasteiger partial charge >= 0.3 is 5.97 Å². The summed E-state index contributed by atoms with van der Waals surface area (Å²) in [6.45, 7) is 3.61. The lowest BCUT2D eigenvalue weighted by Crippen LogP contribution is -2.44. The Hall–Kier alpha value is -0.710. The van der Waals surface area contributed by atoms with Crippen LogP contribution in [0.4, 0.5) is 0 Å². The quantitative estimate of drug-likeness (QED) is 0.859. The van der Waals surface area contributed by atoms with Gasteiger partial charge in [0.1, 0.15) is 0 Å². The number of carboxylic acid groups (broad SMARTS) is 1. The topological polar surface area (TPSA) is 57.6 Å². The lowest BCUT2D eigenvalue weighted by Gasteiger charge is -2.36. The van der Waals surface area contributed by atoms with Crippen molar-refractivity contribution in [3.63, 3.8) is 0 Å². The minimum atomic E-state index is -0.733. The Balaban J connectivity index is 1.89. The number of piperidine rings is 1. The van der Waals surface area contributed by atoms with Crippen LogP contribution in [-0.4, -0.2) is 46.5 Å². The van der Waals surface area contributed by atoms with E-state index in [1.165, 1.54) is 0 Å². The van der Waals surface area contributed by atoms with Gasteiger partial charge in [0.15, 0.2) is 0 Å². The van der Waals surface area contributed by atoms with Gasteiger partial charge in [0, 0.05) is 31.2 Å². The van der Waals surface area contributed by atoms with Crippen molar-refractivity contribution in [3.8, 4) is 0 Å². The molecule has 0 radical (unpaired) electrons. The summed E-state index contributed by atoms with van der Waals surface area (Å²) in [6, 6.07) is 0. The van der Waals surface area contributed by atoms with Gasteiger partial charge in [0.05, 0.1) is 0 Å². The van der Waals surface area contributed by atoms with Crippen LogP contribution in [0.1, 0.15) is 32.6 Å². The Kier molecular flexibility index (Phi) is 5.13. The third kappa shape index (κ3) is 3.88. The summed E-state index contributed by atoms with van der Waals surface area (Å²) < 4.78 is 0. The van der Waals surface area contributed by atoms with E-state index in [4.69, 9.17) is 5.11 Å². The molecular weight excluding hydrogens is 262 g/mol. The largest absolute Gasteiger partial charge is 0.481 e. The summed E-state index contributed by atoms with van der Waals surface area (Å²) in [5.74, 6) is 2.35. The van der Waals surface area contributed by atoms with Gasteiger partial charge in [0.25, 0.3) is 0 Å². The van der Waals surface area contributed by atoms with Crippen LogP contribution in [0, 0.1) is 17.8 Å². The Bertz CT molecular complexity index is 342. The molecular formula is C14H23NO3S.